The summed E-state index contributed by atoms with van der Waals surface area (Å²) < 4.78 is 17.9. The van der Waals surface area contributed by atoms with Gasteiger partial charge in [0.2, 0.25) is 0 Å². The van der Waals surface area contributed by atoms with Gasteiger partial charge >= 0.3 is 0 Å². The molecule has 0 aliphatic heterocycles. The first-order valence-corrected chi connectivity index (χ1v) is 4.50. The summed E-state index contributed by atoms with van der Waals surface area (Å²) in [6.45, 7) is 0.293. The maximum absolute atomic E-state index is 13.2. The standard InChI is InChI=1S/C10H10ClFO2/c1-14-5-4-10(13)8-3-2-7(11)6-9(8)12/h2-3,6H,4-5H2,1H3. The van der Waals surface area contributed by atoms with Crippen LogP contribution in [-0.4, -0.2) is 19.5 Å². The number of methoxy groups -OCH3 is 1. The highest BCUT2D eigenvalue weighted by Gasteiger charge is 2.11. The second kappa shape index (κ2) is 5.08. The lowest BCUT2D eigenvalue weighted by Gasteiger charge is -2.02. The first-order chi connectivity index (χ1) is 6.65. The quantitative estimate of drug-likeness (QED) is 0.724. The third-order valence-corrected chi connectivity index (χ3v) is 2.00. The van der Waals surface area contributed by atoms with Crippen molar-refractivity contribution in [2.45, 2.75) is 6.42 Å². The van der Waals surface area contributed by atoms with Gasteiger partial charge in [0.1, 0.15) is 5.82 Å². The summed E-state index contributed by atoms with van der Waals surface area (Å²) in [6.07, 6.45) is 0.176. The van der Waals surface area contributed by atoms with Crippen LogP contribution in [0.2, 0.25) is 5.02 Å². The van der Waals surface area contributed by atoms with Crippen LogP contribution in [0.3, 0.4) is 0 Å². The van der Waals surface area contributed by atoms with Gasteiger partial charge < -0.3 is 4.74 Å². The van der Waals surface area contributed by atoms with Crippen molar-refractivity contribution in [2.75, 3.05) is 13.7 Å². The molecule has 0 aliphatic carbocycles. The van der Waals surface area contributed by atoms with Gasteiger partial charge in [-0.2, -0.15) is 0 Å². The minimum absolute atomic E-state index is 0.0615. The lowest BCUT2D eigenvalue weighted by atomic mass is 10.1. The van der Waals surface area contributed by atoms with Crippen molar-refractivity contribution in [1.82, 2.24) is 0 Å². The normalized spacial score (nSPS) is 10.2. The average Bonchev–Trinajstić information content (AvgIpc) is 2.14. The smallest absolute Gasteiger partial charge is 0.168 e. The Morgan fingerprint density at radius 1 is 1.57 bits per heavy atom. The molecular formula is C10H10ClFO2. The number of Topliss-reactive ketones (excluding diaryl/α,β-unsaturated/α-hetero) is 1. The monoisotopic (exact) mass is 216 g/mol. The number of benzene rings is 1. The van der Waals surface area contributed by atoms with E-state index in [9.17, 15) is 9.18 Å². The number of rotatable bonds is 4. The molecule has 4 heteroatoms. The highest BCUT2D eigenvalue weighted by Crippen LogP contribution is 2.15. The van der Waals surface area contributed by atoms with Crippen molar-refractivity contribution >= 4 is 17.4 Å². The van der Waals surface area contributed by atoms with E-state index < -0.39 is 5.82 Å². The molecule has 0 amide bonds. The Hall–Kier alpha value is -0.930. The van der Waals surface area contributed by atoms with Crippen molar-refractivity contribution < 1.29 is 13.9 Å². The fourth-order valence-corrected chi connectivity index (χ4v) is 1.20. The van der Waals surface area contributed by atoms with Gasteiger partial charge in [-0.15, -0.1) is 0 Å². The molecule has 0 saturated carbocycles. The van der Waals surface area contributed by atoms with Crippen molar-refractivity contribution in [2.24, 2.45) is 0 Å². The first-order valence-electron chi connectivity index (χ1n) is 4.12. The molecule has 0 atom stereocenters. The molecule has 0 radical (unpaired) electrons. The molecule has 0 N–H and O–H groups in total. The highest BCUT2D eigenvalue weighted by molar-refractivity contribution is 6.30. The van der Waals surface area contributed by atoms with Crippen molar-refractivity contribution in [3.63, 3.8) is 0 Å². The van der Waals surface area contributed by atoms with Crippen molar-refractivity contribution in [1.29, 1.82) is 0 Å². The Balaban J connectivity index is 2.80. The van der Waals surface area contributed by atoms with E-state index in [0.717, 1.165) is 6.07 Å². The van der Waals surface area contributed by atoms with E-state index in [2.05, 4.69) is 0 Å². The van der Waals surface area contributed by atoms with Crippen LogP contribution < -0.4 is 0 Å². The Bertz CT molecular complexity index is 339. The SMILES string of the molecule is COCCC(=O)c1ccc(Cl)cc1F. The minimum Gasteiger partial charge on any atom is -0.384 e. The maximum Gasteiger partial charge on any atom is 0.168 e. The van der Waals surface area contributed by atoms with Crippen LogP contribution in [-0.2, 0) is 4.74 Å². The van der Waals surface area contributed by atoms with E-state index in [1.54, 1.807) is 0 Å². The van der Waals surface area contributed by atoms with E-state index in [1.165, 1.54) is 19.2 Å². The lowest BCUT2D eigenvalue weighted by molar-refractivity contribution is 0.0928. The molecule has 0 saturated heterocycles. The van der Waals surface area contributed by atoms with Crippen LogP contribution in [0.5, 0.6) is 0 Å². The zero-order chi connectivity index (χ0) is 10.6. The highest BCUT2D eigenvalue weighted by atomic mass is 35.5. The van der Waals surface area contributed by atoms with Crippen LogP contribution in [0.25, 0.3) is 0 Å². The second-order valence-electron chi connectivity index (χ2n) is 2.79. The molecule has 0 bridgehead atoms. The summed E-state index contributed by atoms with van der Waals surface area (Å²) in [5.41, 5.74) is 0.0615. The summed E-state index contributed by atoms with van der Waals surface area (Å²) >= 11 is 5.55. The Labute approximate surface area is 86.6 Å². The predicted octanol–water partition coefficient (Wildman–Crippen LogP) is 2.70. The third kappa shape index (κ3) is 2.79. The molecule has 0 heterocycles. The van der Waals surface area contributed by atoms with Gasteiger partial charge in [-0.25, -0.2) is 4.39 Å². The number of halogens is 2. The number of ether oxygens (including phenoxy) is 1. The number of carbonyl (C=O) groups is 1. The van der Waals surface area contributed by atoms with Crippen LogP contribution in [0.4, 0.5) is 4.39 Å². The molecule has 1 rings (SSSR count). The second-order valence-corrected chi connectivity index (χ2v) is 3.23. The largest absolute Gasteiger partial charge is 0.384 e. The number of hydrogen-bond donors (Lipinski definition) is 0. The number of hydrogen-bond acceptors (Lipinski definition) is 2. The van der Waals surface area contributed by atoms with Gasteiger partial charge in [0, 0.05) is 18.6 Å². The van der Waals surface area contributed by atoms with E-state index in [4.69, 9.17) is 16.3 Å². The Morgan fingerprint density at radius 2 is 2.29 bits per heavy atom. The number of ketones is 1. The van der Waals surface area contributed by atoms with E-state index in [0.29, 0.717) is 6.61 Å². The van der Waals surface area contributed by atoms with E-state index in [-0.39, 0.29) is 22.8 Å². The first kappa shape index (κ1) is 11.1. The van der Waals surface area contributed by atoms with Crippen LogP contribution in [0, 0.1) is 5.82 Å². The minimum atomic E-state index is -0.585. The third-order valence-electron chi connectivity index (χ3n) is 1.76. The summed E-state index contributed by atoms with van der Waals surface area (Å²) in [5, 5.41) is 0.283. The molecule has 14 heavy (non-hydrogen) atoms. The van der Waals surface area contributed by atoms with Gasteiger partial charge in [0.25, 0.3) is 0 Å². The summed E-state index contributed by atoms with van der Waals surface area (Å²) in [4.78, 5) is 11.4. The average molecular weight is 217 g/mol. The van der Waals surface area contributed by atoms with Crippen LogP contribution >= 0.6 is 11.6 Å². The Kier molecular flexibility index (Phi) is 4.04. The number of carbonyl (C=O) groups excluding carboxylic acids is 1. The zero-order valence-corrected chi connectivity index (χ0v) is 8.47. The molecular weight excluding hydrogens is 207 g/mol. The molecule has 0 spiro atoms. The molecule has 2 nitrogen and oxygen atoms in total. The van der Waals surface area contributed by atoms with E-state index >= 15 is 0 Å². The van der Waals surface area contributed by atoms with Crippen LogP contribution in [0.15, 0.2) is 18.2 Å². The molecule has 0 aromatic heterocycles. The van der Waals surface area contributed by atoms with Gasteiger partial charge in [-0.05, 0) is 18.2 Å². The predicted molar refractivity (Wildman–Crippen MR) is 52.2 cm³/mol. The van der Waals surface area contributed by atoms with E-state index in [1.807, 2.05) is 0 Å². The van der Waals surface area contributed by atoms with Gasteiger partial charge in [0.15, 0.2) is 5.78 Å². The lowest BCUT2D eigenvalue weighted by Crippen LogP contribution is -2.05. The van der Waals surface area contributed by atoms with Crippen LogP contribution in [0.1, 0.15) is 16.8 Å². The van der Waals surface area contributed by atoms with Gasteiger partial charge in [-0.1, -0.05) is 11.6 Å². The molecule has 1 aromatic carbocycles. The topological polar surface area (TPSA) is 26.3 Å². The molecule has 0 unspecified atom stereocenters. The summed E-state index contributed by atoms with van der Waals surface area (Å²) in [5.74, 6) is -0.861. The van der Waals surface area contributed by atoms with Gasteiger partial charge in [-0.3, -0.25) is 4.79 Å². The Morgan fingerprint density at radius 3 is 2.86 bits per heavy atom. The van der Waals surface area contributed by atoms with Crippen molar-refractivity contribution in [3.8, 4) is 0 Å². The van der Waals surface area contributed by atoms with Crippen molar-refractivity contribution in [3.05, 3.63) is 34.6 Å². The molecule has 0 fully saturated rings. The zero-order valence-electron chi connectivity index (χ0n) is 7.72. The molecule has 76 valence electrons. The molecule has 1 aromatic rings. The maximum atomic E-state index is 13.2. The summed E-state index contributed by atoms with van der Waals surface area (Å²) in [6, 6.07) is 4.00. The van der Waals surface area contributed by atoms with Gasteiger partial charge in [0.05, 0.1) is 12.2 Å². The fourth-order valence-electron chi connectivity index (χ4n) is 1.05. The fraction of sp³-hybridized carbons (Fsp3) is 0.300. The summed E-state index contributed by atoms with van der Waals surface area (Å²) in [7, 11) is 1.49. The molecule has 0 aliphatic rings.